The Morgan fingerprint density at radius 2 is 1.63 bits per heavy atom. The van der Waals surface area contributed by atoms with Crippen LogP contribution in [-0.4, -0.2) is 17.4 Å². The standard InChI is InChI=1S/C24H24N2O4/c1-17-9-12-20(15-22(17)26(28)29)25-23(27)16-30-21-13-10-19(11-14-21)24(2,3)18-7-5-4-6-8-18/h4-15H,16H2,1-3H3,(H,25,27). The largest absolute Gasteiger partial charge is 0.484 e. The van der Waals surface area contributed by atoms with Gasteiger partial charge in [-0.05, 0) is 36.2 Å². The number of benzene rings is 3. The minimum Gasteiger partial charge on any atom is -0.484 e. The van der Waals surface area contributed by atoms with Crippen molar-refractivity contribution in [3.8, 4) is 5.75 Å². The molecule has 1 amide bonds. The van der Waals surface area contributed by atoms with E-state index >= 15 is 0 Å². The highest BCUT2D eigenvalue weighted by Gasteiger charge is 2.22. The number of aryl methyl sites for hydroxylation is 1. The van der Waals surface area contributed by atoms with Crippen LogP contribution in [0.15, 0.2) is 72.8 Å². The Morgan fingerprint density at radius 1 is 1.00 bits per heavy atom. The fourth-order valence-electron chi connectivity index (χ4n) is 3.22. The highest BCUT2D eigenvalue weighted by Crippen LogP contribution is 2.32. The highest BCUT2D eigenvalue weighted by atomic mass is 16.6. The third-order valence-corrected chi connectivity index (χ3v) is 5.13. The van der Waals surface area contributed by atoms with Gasteiger partial charge in [-0.25, -0.2) is 0 Å². The van der Waals surface area contributed by atoms with Gasteiger partial charge in [-0.15, -0.1) is 0 Å². The van der Waals surface area contributed by atoms with Crippen LogP contribution < -0.4 is 10.1 Å². The van der Waals surface area contributed by atoms with Crippen LogP contribution in [0.2, 0.25) is 0 Å². The third-order valence-electron chi connectivity index (χ3n) is 5.13. The van der Waals surface area contributed by atoms with Gasteiger partial charge in [0.25, 0.3) is 11.6 Å². The molecule has 0 saturated heterocycles. The number of amides is 1. The third kappa shape index (κ3) is 4.84. The fourth-order valence-corrected chi connectivity index (χ4v) is 3.22. The summed E-state index contributed by atoms with van der Waals surface area (Å²) >= 11 is 0. The molecule has 6 heteroatoms. The zero-order chi connectivity index (χ0) is 21.7. The molecule has 154 valence electrons. The number of rotatable bonds is 7. The Labute approximate surface area is 175 Å². The van der Waals surface area contributed by atoms with E-state index in [4.69, 9.17) is 4.74 Å². The average Bonchev–Trinajstić information content (AvgIpc) is 2.74. The quantitative estimate of drug-likeness (QED) is 0.431. The van der Waals surface area contributed by atoms with Crippen molar-refractivity contribution in [1.29, 1.82) is 0 Å². The summed E-state index contributed by atoms with van der Waals surface area (Å²) in [6, 6.07) is 22.5. The summed E-state index contributed by atoms with van der Waals surface area (Å²) in [6.07, 6.45) is 0. The van der Waals surface area contributed by atoms with Gasteiger partial charge in [0.2, 0.25) is 0 Å². The number of anilines is 1. The molecule has 3 rings (SSSR count). The maximum absolute atomic E-state index is 12.2. The number of carbonyl (C=O) groups excluding carboxylic acids is 1. The molecule has 3 aromatic carbocycles. The summed E-state index contributed by atoms with van der Waals surface area (Å²) in [7, 11) is 0. The van der Waals surface area contributed by atoms with Crippen molar-refractivity contribution in [3.05, 3.63) is 99.6 Å². The molecule has 0 fully saturated rings. The van der Waals surface area contributed by atoms with Gasteiger partial charge in [-0.2, -0.15) is 0 Å². The first kappa shape index (κ1) is 21.0. The molecular formula is C24H24N2O4. The van der Waals surface area contributed by atoms with Gasteiger partial charge in [-0.1, -0.05) is 62.4 Å². The minimum absolute atomic E-state index is 0.0367. The Morgan fingerprint density at radius 3 is 2.27 bits per heavy atom. The molecule has 0 saturated carbocycles. The Hall–Kier alpha value is -3.67. The summed E-state index contributed by atoms with van der Waals surface area (Å²) in [5.41, 5.74) is 3.05. The van der Waals surface area contributed by atoms with E-state index in [9.17, 15) is 14.9 Å². The first-order valence-electron chi connectivity index (χ1n) is 9.61. The number of hydrogen-bond donors (Lipinski definition) is 1. The number of nitrogens with one attached hydrogen (secondary N) is 1. The van der Waals surface area contributed by atoms with Gasteiger partial charge >= 0.3 is 0 Å². The zero-order valence-electron chi connectivity index (χ0n) is 17.2. The summed E-state index contributed by atoms with van der Waals surface area (Å²) in [6.45, 7) is 5.78. The molecule has 30 heavy (non-hydrogen) atoms. The summed E-state index contributed by atoms with van der Waals surface area (Å²) < 4.78 is 5.57. The molecule has 0 aliphatic carbocycles. The smallest absolute Gasteiger partial charge is 0.274 e. The van der Waals surface area contributed by atoms with E-state index in [1.807, 2.05) is 42.5 Å². The number of hydrogen-bond acceptors (Lipinski definition) is 4. The van der Waals surface area contributed by atoms with Crippen molar-refractivity contribution >= 4 is 17.3 Å². The maximum atomic E-state index is 12.2. The van der Waals surface area contributed by atoms with Crippen molar-refractivity contribution in [3.63, 3.8) is 0 Å². The van der Waals surface area contributed by atoms with E-state index in [1.54, 1.807) is 19.1 Å². The number of ether oxygens (including phenoxy) is 1. The lowest BCUT2D eigenvalue weighted by Crippen LogP contribution is -2.20. The predicted molar refractivity (Wildman–Crippen MR) is 117 cm³/mol. The van der Waals surface area contributed by atoms with Gasteiger partial charge in [0.05, 0.1) is 4.92 Å². The molecule has 6 nitrogen and oxygen atoms in total. The number of nitrogens with zero attached hydrogens (tertiary/aromatic N) is 1. The van der Waals surface area contributed by atoms with Crippen LogP contribution in [0.3, 0.4) is 0 Å². The fraction of sp³-hybridized carbons (Fsp3) is 0.208. The molecule has 1 N–H and O–H groups in total. The van der Waals surface area contributed by atoms with Crippen LogP contribution in [0.4, 0.5) is 11.4 Å². The lowest BCUT2D eigenvalue weighted by molar-refractivity contribution is -0.385. The van der Waals surface area contributed by atoms with Crippen molar-refractivity contribution in [1.82, 2.24) is 0 Å². The second-order valence-corrected chi connectivity index (χ2v) is 7.61. The van der Waals surface area contributed by atoms with E-state index in [1.165, 1.54) is 11.6 Å². The van der Waals surface area contributed by atoms with Crippen LogP contribution >= 0.6 is 0 Å². The first-order valence-corrected chi connectivity index (χ1v) is 9.61. The van der Waals surface area contributed by atoms with Gasteiger partial charge in [0.15, 0.2) is 6.61 Å². The Bertz CT molecular complexity index is 1040. The molecule has 0 heterocycles. The van der Waals surface area contributed by atoms with Gasteiger partial charge in [0.1, 0.15) is 5.75 Å². The zero-order valence-corrected chi connectivity index (χ0v) is 17.2. The van der Waals surface area contributed by atoms with E-state index in [2.05, 4.69) is 31.3 Å². The Kier molecular flexibility index (Phi) is 6.16. The summed E-state index contributed by atoms with van der Waals surface area (Å²) in [4.78, 5) is 22.7. The van der Waals surface area contributed by atoms with Gasteiger partial charge in [0, 0.05) is 22.7 Å². The lowest BCUT2D eigenvalue weighted by atomic mass is 9.78. The van der Waals surface area contributed by atoms with Crippen LogP contribution in [0.25, 0.3) is 0 Å². The molecule has 0 unspecified atom stereocenters. The molecule has 0 spiro atoms. The van der Waals surface area contributed by atoms with E-state index in [0.717, 1.165) is 5.56 Å². The van der Waals surface area contributed by atoms with E-state index in [-0.39, 0.29) is 23.6 Å². The van der Waals surface area contributed by atoms with E-state index in [0.29, 0.717) is 17.0 Å². The van der Waals surface area contributed by atoms with Gasteiger partial charge in [-0.3, -0.25) is 14.9 Å². The monoisotopic (exact) mass is 404 g/mol. The molecule has 0 atom stereocenters. The average molecular weight is 404 g/mol. The minimum atomic E-state index is -0.472. The normalized spacial score (nSPS) is 11.0. The Balaban J connectivity index is 1.61. The summed E-state index contributed by atoms with van der Waals surface area (Å²) in [5.74, 6) is 0.189. The van der Waals surface area contributed by atoms with Crippen molar-refractivity contribution in [2.24, 2.45) is 0 Å². The summed E-state index contributed by atoms with van der Waals surface area (Å²) in [5, 5.41) is 13.7. The topological polar surface area (TPSA) is 81.5 Å². The van der Waals surface area contributed by atoms with Crippen molar-refractivity contribution < 1.29 is 14.5 Å². The molecule has 3 aromatic rings. The lowest BCUT2D eigenvalue weighted by Gasteiger charge is -2.26. The molecule has 0 aliphatic heterocycles. The van der Waals surface area contributed by atoms with Crippen LogP contribution in [0.1, 0.15) is 30.5 Å². The number of nitro groups is 1. The van der Waals surface area contributed by atoms with E-state index < -0.39 is 4.92 Å². The van der Waals surface area contributed by atoms with Crippen LogP contribution in [0.5, 0.6) is 5.75 Å². The second-order valence-electron chi connectivity index (χ2n) is 7.61. The van der Waals surface area contributed by atoms with Crippen LogP contribution in [0, 0.1) is 17.0 Å². The van der Waals surface area contributed by atoms with Crippen LogP contribution in [-0.2, 0) is 10.2 Å². The highest BCUT2D eigenvalue weighted by molar-refractivity contribution is 5.92. The van der Waals surface area contributed by atoms with Crippen molar-refractivity contribution in [2.45, 2.75) is 26.2 Å². The maximum Gasteiger partial charge on any atom is 0.274 e. The molecule has 0 aliphatic rings. The molecule has 0 bridgehead atoms. The molecular weight excluding hydrogens is 380 g/mol. The number of carbonyl (C=O) groups is 1. The second kappa shape index (κ2) is 8.78. The SMILES string of the molecule is Cc1ccc(NC(=O)COc2ccc(C(C)(C)c3ccccc3)cc2)cc1[N+](=O)[O-]. The molecule has 0 aromatic heterocycles. The first-order chi connectivity index (χ1) is 14.3. The van der Waals surface area contributed by atoms with Gasteiger partial charge < -0.3 is 10.1 Å². The van der Waals surface area contributed by atoms with Crippen molar-refractivity contribution in [2.75, 3.05) is 11.9 Å². The molecule has 0 radical (unpaired) electrons. The predicted octanol–water partition coefficient (Wildman–Crippen LogP) is 5.25. The number of nitro benzene ring substituents is 1.